The molecule has 88 valence electrons. The fourth-order valence-corrected chi connectivity index (χ4v) is 2.28. The van der Waals surface area contributed by atoms with Crippen molar-refractivity contribution in [1.82, 2.24) is 9.97 Å². The number of hydrogen-bond acceptors (Lipinski definition) is 4. The molecule has 6 heteroatoms. The van der Waals surface area contributed by atoms with E-state index in [1.54, 1.807) is 0 Å². The maximum Gasteiger partial charge on any atom is 0.228 e. The molecule has 2 rings (SSSR count). The van der Waals surface area contributed by atoms with Gasteiger partial charge in [-0.25, -0.2) is 9.97 Å². The minimum Gasteiger partial charge on any atom is -0.372 e. The molecule has 0 aromatic carbocycles. The van der Waals surface area contributed by atoms with Gasteiger partial charge in [0.25, 0.3) is 0 Å². The summed E-state index contributed by atoms with van der Waals surface area (Å²) in [6.07, 6.45) is 0.315. The highest BCUT2D eigenvalue weighted by Crippen LogP contribution is 2.20. The summed E-state index contributed by atoms with van der Waals surface area (Å²) in [5.41, 5.74) is 0. The van der Waals surface area contributed by atoms with Gasteiger partial charge in [0.05, 0.1) is 12.2 Å². The van der Waals surface area contributed by atoms with Crippen molar-refractivity contribution in [3.63, 3.8) is 0 Å². The van der Waals surface area contributed by atoms with Crippen molar-refractivity contribution in [3.8, 4) is 0 Å². The molecule has 1 aromatic heterocycles. The van der Waals surface area contributed by atoms with Gasteiger partial charge in [0.2, 0.25) is 5.95 Å². The van der Waals surface area contributed by atoms with Crippen LogP contribution in [0.2, 0.25) is 10.3 Å². The number of ether oxygens (including phenoxy) is 1. The summed E-state index contributed by atoms with van der Waals surface area (Å²) < 4.78 is 5.64. The van der Waals surface area contributed by atoms with Crippen LogP contribution < -0.4 is 4.90 Å². The average Bonchev–Trinajstić information content (AvgIpc) is 2.14. The number of anilines is 1. The topological polar surface area (TPSA) is 38.2 Å². The fraction of sp³-hybridized carbons (Fsp3) is 0.600. The molecule has 0 bridgehead atoms. The molecule has 2 atom stereocenters. The van der Waals surface area contributed by atoms with E-state index in [0.717, 1.165) is 13.1 Å². The van der Waals surface area contributed by atoms with Gasteiger partial charge in [-0.3, -0.25) is 0 Å². The zero-order valence-electron chi connectivity index (χ0n) is 9.15. The molecule has 0 N–H and O–H groups in total. The van der Waals surface area contributed by atoms with Gasteiger partial charge in [0.1, 0.15) is 10.3 Å². The number of halogens is 2. The van der Waals surface area contributed by atoms with Gasteiger partial charge in [-0.15, -0.1) is 0 Å². The summed E-state index contributed by atoms with van der Waals surface area (Å²) in [5, 5.41) is 0.726. The van der Waals surface area contributed by atoms with Crippen LogP contribution in [0.25, 0.3) is 0 Å². The highest BCUT2D eigenvalue weighted by Gasteiger charge is 2.24. The second kappa shape index (κ2) is 4.73. The zero-order valence-corrected chi connectivity index (χ0v) is 10.7. The number of rotatable bonds is 1. The molecule has 0 saturated carbocycles. The largest absolute Gasteiger partial charge is 0.372 e. The quantitative estimate of drug-likeness (QED) is 0.728. The minimum absolute atomic E-state index is 0.158. The molecule has 0 aliphatic carbocycles. The van der Waals surface area contributed by atoms with Gasteiger partial charge in [0, 0.05) is 19.2 Å². The summed E-state index contributed by atoms with van der Waals surface area (Å²) >= 11 is 11.7. The maximum absolute atomic E-state index is 5.85. The molecule has 0 spiro atoms. The summed E-state index contributed by atoms with van der Waals surface area (Å²) in [6.45, 7) is 5.55. The van der Waals surface area contributed by atoms with Gasteiger partial charge >= 0.3 is 0 Å². The molecule has 1 aromatic rings. The number of nitrogens with zero attached hydrogens (tertiary/aromatic N) is 3. The van der Waals surface area contributed by atoms with Crippen molar-refractivity contribution in [3.05, 3.63) is 16.4 Å². The third-order valence-corrected chi connectivity index (χ3v) is 2.74. The average molecular weight is 262 g/mol. The first kappa shape index (κ1) is 11.9. The minimum atomic E-state index is 0.158. The fourth-order valence-electron chi connectivity index (χ4n) is 1.86. The molecule has 1 fully saturated rings. The van der Waals surface area contributed by atoms with Crippen molar-refractivity contribution < 1.29 is 4.74 Å². The highest BCUT2D eigenvalue weighted by atomic mass is 35.5. The third kappa shape index (κ3) is 2.75. The first-order chi connectivity index (χ1) is 7.54. The van der Waals surface area contributed by atoms with Crippen LogP contribution in [0.1, 0.15) is 13.8 Å². The van der Waals surface area contributed by atoms with E-state index in [1.165, 1.54) is 6.07 Å². The molecule has 1 aliphatic heterocycles. The summed E-state index contributed by atoms with van der Waals surface area (Å²) in [6, 6.07) is 1.53. The summed E-state index contributed by atoms with van der Waals surface area (Å²) in [7, 11) is 0. The Morgan fingerprint density at radius 3 is 2.19 bits per heavy atom. The number of aromatic nitrogens is 2. The Morgan fingerprint density at radius 2 is 1.69 bits per heavy atom. The lowest BCUT2D eigenvalue weighted by atomic mass is 10.2. The number of morpholine rings is 1. The van der Waals surface area contributed by atoms with Crippen molar-refractivity contribution >= 4 is 29.2 Å². The molecule has 1 aliphatic rings. The Balaban J connectivity index is 2.22. The Kier molecular flexibility index (Phi) is 3.52. The molecule has 4 nitrogen and oxygen atoms in total. The van der Waals surface area contributed by atoms with Crippen LogP contribution in [0.5, 0.6) is 0 Å². The van der Waals surface area contributed by atoms with Crippen molar-refractivity contribution in [2.75, 3.05) is 18.0 Å². The monoisotopic (exact) mass is 261 g/mol. The van der Waals surface area contributed by atoms with Gasteiger partial charge in [-0.1, -0.05) is 23.2 Å². The predicted octanol–water partition coefficient (Wildman–Crippen LogP) is 2.40. The van der Waals surface area contributed by atoms with E-state index >= 15 is 0 Å². The Bertz CT molecular complexity index is 358. The van der Waals surface area contributed by atoms with Crippen molar-refractivity contribution in [2.24, 2.45) is 0 Å². The van der Waals surface area contributed by atoms with E-state index in [0.29, 0.717) is 16.3 Å². The predicted molar refractivity (Wildman–Crippen MR) is 64.3 cm³/mol. The van der Waals surface area contributed by atoms with Crippen LogP contribution in [0.3, 0.4) is 0 Å². The molecule has 1 saturated heterocycles. The molecule has 0 amide bonds. The van der Waals surface area contributed by atoms with Gasteiger partial charge in [-0.05, 0) is 13.8 Å². The normalized spacial score (nSPS) is 25.9. The molecule has 0 radical (unpaired) electrons. The first-order valence-corrected chi connectivity index (χ1v) is 5.90. The smallest absolute Gasteiger partial charge is 0.228 e. The van der Waals surface area contributed by atoms with Gasteiger partial charge in [0.15, 0.2) is 0 Å². The van der Waals surface area contributed by atoms with Crippen LogP contribution in [0, 0.1) is 0 Å². The molecule has 2 heterocycles. The van der Waals surface area contributed by atoms with Crippen LogP contribution in [-0.4, -0.2) is 35.3 Å². The third-order valence-electron chi connectivity index (χ3n) is 2.35. The molecule has 2 unspecified atom stereocenters. The van der Waals surface area contributed by atoms with Crippen LogP contribution in [0.4, 0.5) is 5.95 Å². The van der Waals surface area contributed by atoms with Crippen LogP contribution >= 0.6 is 23.2 Å². The molecular weight excluding hydrogens is 249 g/mol. The van der Waals surface area contributed by atoms with E-state index in [1.807, 2.05) is 18.7 Å². The lowest BCUT2D eigenvalue weighted by molar-refractivity contribution is -0.00572. The standard InChI is InChI=1S/C10H13Cl2N3O/c1-6-4-15(5-7(2)16-6)10-13-8(11)3-9(12)14-10/h3,6-7H,4-5H2,1-2H3. The van der Waals surface area contributed by atoms with E-state index in [9.17, 15) is 0 Å². The molecule has 16 heavy (non-hydrogen) atoms. The van der Waals surface area contributed by atoms with E-state index in [4.69, 9.17) is 27.9 Å². The zero-order chi connectivity index (χ0) is 11.7. The SMILES string of the molecule is CC1CN(c2nc(Cl)cc(Cl)n2)CC(C)O1. The van der Waals surface area contributed by atoms with Crippen LogP contribution in [-0.2, 0) is 4.74 Å². The second-order valence-corrected chi connectivity index (χ2v) is 4.75. The lowest BCUT2D eigenvalue weighted by Gasteiger charge is -2.35. The number of hydrogen-bond donors (Lipinski definition) is 0. The second-order valence-electron chi connectivity index (χ2n) is 3.98. The Labute approximate surface area is 105 Å². The molecular formula is C10H13Cl2N3O. The summed E-state index contributed by atoms with van der Waals surface area (Å²) in [4.78, 5) is 10.4. The van der Waals surface area contributed by atoms with Gasteiger partial charge in [-0.2, -0.15) is 0 Å². The van der Waals surface area contributed by atoms with Gasteiger partial charge < -0.3 is 9.64 Å². The van der Waals surface area contributed by atoms with E-state index in [2.05, 4.69) is 9.97 Å². The van der Waals surface area contributed by atoms with E-state index in [-0.39, 0.29) is 12.2 Å². The van der Waals surface area contributed by atoms with Crippen molar-refractivity contribution in [1.29, 1.82) is 0 Å². The lowest BCUT2D eigenvalue weighted by Crippen LogP contribution is -2.46. The van der Waals surface area contributed by atoms with Crippen LogP contribution in [0.15, 0.2) is 6.07 Å². The maximum atomic E-state index is 5.85. The van der Waals surface area contributed by atoms with E-state index < -0.39 is 0 Å². The summed E-state index contributed by atoms with van der Waals surface area (Å²) in [5.74, 6) is 0.569. The Hall–Kier alpha value is -0.580. The first-order valence-electron chi connectivity index (χ1n) is 5.15. The highest BCUT2D eigenvalue weighted by molar-refractivity contribution is 6.33. The Morgan fingerprint density at radius 1 is 1.19 bits per heavy atom. The van der Waals surface area contributed by atoms with Crippen molar-refractivity contribution in [2.45, 2.75) is 26.1 Å².